The van der Waals surface area contributed by atoms with Gasteiger partial charge in [-0.3, -0.25) is 4.98 Å². The van der Waals surface area contributed by atoms with E-state index in [2.05, 4.69) is 35.9 Å². The lowest BCUT2D eigenvalue weighted by Gasteiger charge is -2.46. The molecule has 2 unspecified atom stereocenters. The molecule has 0 radical (unpaired) electrons. The summed E-state index contributed by atoms with van der Waals surface area (Å²) in [4.78, 5) is 27.7. The first-order valence-electron chi connectivity index (χ1n) is 12.3. The first-order valence-corrected chi connectivity index (χ1v) is 12.3. The van der Waals surface area contributed by atoms with E-state index in [1.165, 1.54) is 12.4 Å². The third-order valence-corrected chi connectivity index (χ3v) is 6.54. The smallest absolute Gasteiger partial charge is 0.377 e. The fourth-order valence-corrected chi connectivity index (χ4v) is 4.86. The van der Waals surface area contributed by atoms with Crippen LogP contribution in [-0.2, 0) is 11.3 Å². The predicted octanol–water partition coefficient (Wildman–Crippen LogP) is 3.27. The van der Waals surface area contributed by atoms with Crippen molar-refractivity contribution in [3.05, 3.63) is 55.0 Å². The molecular weight excluding hydrogens is 515 g/mol. The molecule has 2 atom stereocenters. The fourth-order valence-electron chi connectivity index (χ4n) is 4.86. The van der Waals surface area contributed by atoms with Gasteiger partial charge in [-0.05, 0) is 36.4 Å². The van der Waals surface area contributed by atoms with Gasteiger partial charge in [-0.2, -0.15) is 18.3 Å². The topological polar surface area (TPSA) is 122 Å². The molecule has 39 heavy (non-hydrogen) atoms. The van der Waals surface area contributed by atoms with Crippen molar-refractivity contribution in [1.82, 2.24) is 30.0 Å². The maximum atomic E-state index is 13.3. The number of pyridine rings is 1. The molecule has 14 heteroatoms. The Hall–Kier alpha value is -4.30. The van der Waals surface area contributed by atoms with Crippen molar-refractivity contribution in [3.63, 3.8) is 0 Å². The highest BCUT2D eigenvalue weighted by Gasteiger charge is 2.38. The van der Waals surface area contributed by atoms with Crippen molar-refractivity contribution in [1.29, 1.82) is 0 Å². The monoisotopic (exact) mass is 539 g/mol. The number of anilines is 3. The number of benzene rings is 1. The van der Waals surface area contributed by atoms with E-state index in [0.29, 0.717) is 54.4 Å². The second-order valence-corrected chi connectivity index (χ2v) is 9.33. The van der Waals surface area contributed by atoms with Gasteiger partial charge in [-0.25, -0.2) is 19.4 Å². The van der Waals surface area contributed by atoms with Gasteiger partial charge in [0, 0.05) is 30.5 Å². The average Bonchev–Trinajstić information content (AvgIpc) is 3.30. The fraction of sp³-hybridized carbons (Fsp3) is 0.320. The molecule has 2 bridgehead atoms. The number of ether oxygens (including phenoxy) is 1. The number of fused-ring (bicyclic) bond motifs is 3. The summed E-state index contributed by atoms with van der Waals surface area (Å²) in [6.45, 7) is 1.01. The summed E-state index contributed by atoms with van der Waals surface area (Å²) in [5.74, 6) is 0.784. The molecule has 0 aliphatic carbocycles. The van der Waals surface area contributed by atoms with E-state index in [1.807, 2.05) is 0 Å². The van der Waals surface area contributed by atoms with Crippen molar-refractivity contribution in [2.75, 3.05) is 41.8 Å². The zero-order valence-electron chi connectivity index (χ0n) is 20.5. The SMILES string of the molecule is O=C(Nc1ccc(-c2nc(N3C4CNCC3COC4)c3cnn(CC(F)(F)F)c3n2)cc1)Nc1cccnc1. The van der Waals surface area contributed by atoms with Crippen LogP contribution in [0.2, 0.25) is 0 Å². The number of piperazine rings is 1. The van der Waals surface area contributed by atoms with E-state index >= 15 is 0 Å². The van der Waals surface area contributed by atoms with E-state index in [4.69, 9.17) is 9.72 Å². The van der Waals surface area contributed by atoms with Gasteiger partial charge in [0.1, 0.15) is 12.4 Å². The van der Waals surface area contributed by atoms with E-state index in [-0.39, 0.29) is 23.6 Å². The lowest BCUT2D eigenvalue weighted by Crippen LogP contribution is -2.64. The van der Waals surface area contributed by atoms with Gasteiger partial charge in [-0.1, -0.05) is 0 Å². The van der Waals surface area contributed by atoms with Crippen LogP contribution in [-0.4, -0.2) is 75.3 Å². The van der Waals surface area contributed by atoms with E-state index in [0.717, 1.165) is 4.68 Å². The van der Waals surface area contributed by atoms with Gasteiger partial charge in [0.25, 0.3) is 0 Å². The molecule has 3 aromatic heterocycles. The molecule has 0 saturated carbocycles. The molecule has 11 nitrogen and oxygen atoms in total. The number of nitrogens with one attached hydrogen (secondary N) is 3. The number of amides is 2. The van der Waals surface area contributed by atoms with Crippen LogP contribution in [0.1, 0.15) is 0 Å². The van der Waals surface area contributed by atoms with Crippen molar-refractivity contribution in [2.24, 2.45) is 0 Å². The quantitative estimate of drug-likeness (QED) is 0.353. The van der Waals surface area contributed by atoms with Crippen LogP contribution in [0, 0.1) is 0 Å². The number of urea groups is 1. The van der Waals surface area contributed by atoms with E-state index < -0.39 is 18.8 Å². The minimum absolute atomic E-state index is 0.0284. The van der Waals surface area contributed by atoms with Gasteiger partial charge in [0.2, 0.25) is 0 Å². The number of aromatic nitrogens is 5. The molecule has 2 saturated heterocycles. The van der Waals surface area contributed by atoms with Crippen LogP contribution in [0.15, 0.2) is 55.0 Å². The van der Waals surface area contributed by atoms with Gasteiger partial charge in [-0.15, -0.1) is 0 Å². The largest absolute Gasteiger partial charge is 0.408 e. The molecule has 1 aromatic carbocycles. The molecule has 2 amide bonds. The molecule has 202 valence electrons. The minimum atomic E-state index is -4.46. The molecule has 6 rings (SSSR count). The van der Waals surface area contributed by atoms with Gasteiger partial charge in [0.05, 0.1) is 48.8 Å². The van der Waals surface area contributed by atoms with Crippen molar-refractivity contribution >= 4 is 34.3 Å². The Kier molecular flexibility index (Phi) is 6.48. The molecular formula is C25H24F3N9O2. The number of carbonyl (C=O) groups is 1. The summed E-state index contributed by atoms with van der Waals surface area (Å²) in [5.41, 5.74) is 1.73. The Morgan fingerprint density at radius 2 is 1.77 bits per heavy atom. The molecule has 2 aliphatic rings. The Morgan fingerprint density at radius 3 is 2.46 bits per heavy atom. The third-order valence-electron chi connectivity index (χ3n) is 6.54. The molecule has 2 fully saturated rings. The summed E-state index contributed by atoms with van der Waals surface area (Å²) >= 11 is 0. The number of carbonyl (C=O) groups excluding carboxylic acids is 1. The number of rotatable bonds is 5. The van der Waals surface area contributed by atoms with E-state index in [1.54, 1.807) is 42.6 Å². The molecule has 0 spiro atoms. The van der Waals surface area contributed by atoms with Crippen molar-refractivity contribution < 1.29 is 22.7 Å². The van der Waals surface area contributed by atoms with Crippen LogP contribution in [0.4, 0.5) is 35.2 Å². The second-order valence-electron chi connectivity index (χ2n) is 9.33. The van der Waals surface area contributed by atoms with Gasteiger partial charge in [0.15, 0.2) is 11.5 Å². The maximum absolute atomic E-state index is 13.3. The Morgan fingerprint density at radius 1 is 1.03 bits per heavy atom. The Labute approximate surface area is 220 Å². The van der Waals surface area contributed by atoms with Gasteiger partial charge < -0.3 is 25.6 Å². The molecule has 3 N–H and O–H groups in total. The van der Waals surface area contributed by atoms with Crippen LogP contribution in [0.3, 0.4) is 0 Å². The molecule has 4 aromatic rings. The Balaban J connectivity index is 1.33. The number of morpholine rings is 1. The number of nitrogens with zero attached hydrogens (tertiary/aromatic N) is 6. The third kappa shape index (κ3) is 5.33. The zero-order valence-corrected chi connectivity index (χ0v) is 20.5. The highest BCUT2D eigenvalue weighted by molar-refractivity contribution is 5.99. The molecule has 5 heterocycles. The van der Waals surface area contributed by atoms with Crippen LogP contribution >= 0.6 is 0 Å². The lowest BCUT2D eigenvalue weighted by atomic mass is 10.1. The standard InChI is InChI=1S/C25H24F3N9O2/c26-25(27,28)14-36-22-20(11-31-36)23(37-18-9-30-10-19(37)13-39-12-18)35-21(34-22)15-3-5-16(6-4-15)32-24(38)33-17-2-1-7-29-8-17/h1-8,11,18-19,30H,9-10,12-14H2,(H2,32,33,38). The zero-order chi connectivity index (χ0) is 27.0. The minimum Gasteiger partial charge on any atom is -0.377 e. The average molecular weight is 540 g/mol. The van der Waals surface area contributed by atoms with Crippen LogP contribution in [0.25, 0.3) is 22.4 Å². The van der Waals surface area contributed by atoms with Crippen LogP contribution in [0.5, 0.6) is 0 Å². The number of halogens is 3. The maximum Gasteiger partial charge on any atom is 0.408 e. The van der Waals surface area contributed by atoms with Gasteiger partial charge >= 0.3 is 12.2 Å². The number of hydrogen-bond donors (Lipinski definition) is 3. The van der Waals surface area contributed by atoms with E-state index in [9.17, 15) is 18.0 Å². The summed E-state index contributed by atoms with van der Waals surface area (Å²) in [6, 6.07) is 9.67. The normalized spacial score (nSPS) is 19.2. The Bertz CT molecular complexity index is 1460. The number of hydrogen-bond acceptors (Lipinski definition) is 8. The van der Waals surface area contributed by atoms with Crippen molar-refractivity contribution in [2.45, 2.75) is 24.8 Å². The first-order chi connectivity index (χ1) is 18.8. The highest BCUT2D eigenvalue weighted by Crippen LogP contribution is 2.33. The predicted molar refractivity (Wildman–Crippen MR) is 137 cm³/mol. The number of alkyl halides is 3. The summed E-state index contributed by atoms with van der Waals surface area (Å²) in [7, 11) is 0. The first kappa shape index (κ1) is 25.0. The molecule has 2 aliphatic heterocycles. The second kappa shape index (κ2) is 10.1. The lowest BCUT2D eigenvalue weighted by molar-refractivity contribution is -0.141. The summed E-state index contributed by atoms with van der Waals surface area (Å²) in [5, 5.41) is 13.2. The highest BCUT2D eigenvalue weighted by atomic mass is 19.4. The summed E-state index contributed by atoms with van der Waals surface area (Å²) < 4.78 is 46.5. The summed E-state index contributed by atoms with van der Waals surface area (Å²) in [6.07, 6.45) is 0.0565. The van der Waals surface area contributed by atoms with Crippen molar-refractivity contribution in [3.8, 4) is 11.4 Å². The van der Waals surface area contributed by atoms with Crippen LogP contribution < -0.4 is 20.9 Å².